The Hall–Kier alpha value is -2.05. The van der Waals surface area contributed by atoms with Gasteiger partial charge in [-0.05, 0) is 39.2 Å². The Labute approximate surface area is 239 Å². The Morgan fingerprint density at radius 3 is 2.41 bits per heavy atom. The van der Waals surface area contributed by atoms with Crippen LogP contribution in [0.15, 0.2) is 12.3 Å². The molecular weight excluding hydrogens is 532 g/mol. The number of thioether (sulfide) groups is 1. The molecule has 9 nitrogen and oxygen atoms in total. The van der Waals surface area contributed by atoms with Crippen molar-refractivity contribution < 1.29 is 15.3 Å². The number of thiazole rings is 1. The number of nitrogens with one attached hydrogen (secondary N) is 2. The lowest BCUT2D eigenvalue weighted by atomic mass is 9.80. The molecule has 0 spiro atoms. The molecule has 0 aliphatic heterocycles. The van der Waals surface area contributed by atoms with Gasteiger partial charge in [-0.25, -0.2) is 9.97 Å². The van der Waals surface area contributed by atoms with Crippen LogP contribution in [-0.2, 0) is 0 Å². The molecule has 3 heterocycles. The number of anilines is 2. The van der Waals surface area contributed by atoms with Crippen molar-refractivity contribution in [3.8, 4) is 10.6 Å². The zero-order valence-electron chi connectivity index (χ0n) is 23.9. The van der Waals surface area contributed by atoms with Gasteiger partial charge in [0.15, 0.2) is 0 Å². The van der Waals surface area contributed by atoms with E-state index in [1.807, 2.05) is 45.5 Å². The summed E-state index contributed by atoms with van der Waals surface area (Å²) in [6.07, 6.45) is 1.11. The molecule has 0 saturated heterocycles. The van der Waals surface area contributed by atoms with Crippen molar-refractivity contribution in [1.82, 2.24) is 19.9 Å². The number of aliphatic hydroxyl groups is 3. The maximum absolute atomic E-state index is 11.2. The highest BCUT2D eigenvalue weighted by Gasteiger charge is 2.50. The van der Waals surface area contributed by atoms with Gasteiger partial charge in [0.1, 0.15) is 22.4 Å². The summed E-state index contributed by atoms with van der Waals surface area (Å²) in [6.45, 7) is 15.0. The fourth-order valence-corrected chi connectivity index (χ4v) is 7.21. The van der Waals surface area contributed by atoms with Crippen LogP contribution >= 0.6 is 23.1 Å². The highest BCUT2D eigenvalue weighted by Crippen LogP contribution is 2.42. The fraction of sp³-hybridized carbons (Fsp3) is 0.643. The van der Waals surface area contributed by atoms with E-state index in [4.69, 9.17) is 15.0 Å². The summed E-state index contributed by atoms with van der Waals surface area (Å²) in [5.74, 6) is 1.50. The van der Waals surface area contributed by atoms with Crippen molar-refractivity contribution in [2.24, 2.45) is 5.92 Å². The fourth-order valence-electron chi connectivity index (χ4n) is 5.28. The minimum absolute atomic E-state index is 0.170. The van der Waals surface area contributed by atoms with E-state index in [2.05, 4.69) is 36.4 Å². The third-order valence-corrected chi connectivity index (χ3v) is 9.95. The lowest BCUT2D eigenvalue weighted by Crippen LogP contribution is -2.43. The molecule has 1 fully saturated rings. The van der Waals surface area contributed by atoms with Gasteiger partial charge in [-0.15, -0.1) is 11.3 Å². The van der Waals surface area contributed by atoms with Crippen LogP contribution in [0.3, 0.4) is 0 Å². The number of hydrogen-bond donors (Lipinski definition) is 5. The van der Waals surface area contributed by atoms with Crippen molar-refractivity contribution in [3.63, 3.8) is 0 Å². The van der Waals surface area contributed by atoms with Crippen LogP contribution in [0.1, 0.15) is 65.3 Å². The number of rotatable bonds is 10. The van der Waals surface area contributed by atoms with Gasteiger partial charge in [0.05, 0.1) is 39.4 Å². The van der Waals surface area contributed by atoms with E-state index in [9.17, 15) is 15.3 Å². The summed E-state index contributed by atoms with van der Waals surface area (Å²) in [5.41, 5.74) is 2.17. The topological polar surface area (TPSA) is 136 Å². The van der Waals surface area contributed by atoms with Crippen molar-refractivity contribution in [2.75, 3.05) is 22.9 Å². The number of aryl methyl sites for hydroxylation is 2. The van der Waals surface area contributed by atoms with E-state index >= 15 is 0 Å². The summed E-state index contributed by atoms with van der Waals surface area (Å²) in [7, 11) is 0. The molecule has 1 saturated carbocycles. The van der Waals surface area contributed by atoms with Gasteiger partial charge >= 0.3 is 0 Å². The smallest absolute Gasteiger partial charge is 0.224 e. The van der Waals surface area contributed by atoms with Crippen molar-refractivity contribution in [1.29, 1.82) is 0 Å². The summed E-state index contributed by atoms with van der Waals surface area (Å²) < 4.78 is 1.20. The van der Waals surface area contributed by atoms with Crippen molar-refractivity contribution in [2.45, 2.75) is 96.3 Å². The molecular formula is C28H42N6O3S2. The Bertz CT molecular complexity index is 1290. The number of pyridine rings is 1. The van der Waals surface area contributed by atoms with Crippen LogP contribution < -0.4 is 10.6 Å². The van der Waals surface area contributed by atoms with E-state index in [0.717, 1.165) is 37.9 Å². The first-order chi connectivity index (χ1) is 18.4. The van der Waals surface area contributed by atoms with Gasteiger partial charge in [-0.2, -0.15) is 16.7 Å². The van der Waals surface area contributed by atoms with Gasteiger partial charge in [-0.3, -0.25) is 4.98 Å². The molecule has 0 radical (unpaired) electrons. The molecule has 4 atom stereocenters. The molecule has 214 valence electrons. The second kappa shape index (κ2) is 11.8. The number of nitrogens with zero attached hydrogens (tertiary/aromatic N) is 4. The van der Waals surface area contributed by atoms with Gasteiger partial charge < -0.3 is 26.0 Å². The average molecular weight is 575 g/mol. The first-order valence-corrected chi connectivity index (χ1v) is 15.5. The number of hydrogen-bond acceptors (Lipinski definition) is 11. The molecule has 3 aromatic heterocycles. The third-order valence-electron chi connectivity index (χ3n) is 7.63. The third kappa shape index (κ3) is 6.48. The second-order valence-electron chi connectivity index (χ2n) is 11.4. The zero-order valence-corrected chi connectivity index (χ0v) is 25.6. The lowest BCUT2D eigenvalue weighted by Gasteiger charge is -2.34. The molecule has 4 rings (SSSR count). The molecule has 0 unspecified atom stereocenters. The lowest BCUT2D eigenvalue weighted by molar-refractivity contribution is -0.0843. The SMILES string of the molecule is CCC(O)(CC)[C@H]1C[C@@H](Nc2nc(NCCSC(C)(C)C)nc(C)c2-c2nc3c(C)nccc3s2)[C@H](O)[C@@H]1O. The molecule has 1 aliphatic rings. The quantitative estimate of drug-likeness (QED) is 0.215. The number of aromatic nitrogens is 4. The molecule has 5 N–H and O–H groups in total. The van der Waals surface area contributed by atoms with Crippen LogP contribution in [0.25, 0.3) is 20.8 Å². The van der Waals surface area contributed by atoms with Gasteiger partial charge in [-0.1, -0.05) is 34.6 Å². The van der Waals surface area contributed by atoms with Crippen LogP contribution in [0, 0.1) is 19.8 Å². The summed E-state index contributed by atoms with van der Waals surface area (Å²) in [6, 6.07) is 1.46. The Morgan fingerprint density at radius 1 is 1.05 bits per heavy atom. The van der Waals surface area contributed by atoms with E-state index in [1.54, 1.807) is 17.5 Å². The first kappa shape index (κ1) is 29.9. The van der Waals surface area contributed by atoms with E-state index in [1.165, 1.54) is 0 Å². The monoisotopic (exact) mass is 574 g/mol. The predicted molar refractivity (Wildman–Crippen MR) is 162 cm³/mol. The number of fused-ring (bicyclic) bond motifs is 1. The van der Waals surface area contributed by atoms with Crippen LogP contribution in [0.4, 0.5) is 11.8 Å². The van der Waals surface area contributed by atoms with E-state index < -0.39 is 29.8 Å². The first-order valence-electron chi connectivity index (χ1n) is 13.7. The standard InChI is InChI=1S/C28H42N6O3S2/c1-8-28(37,9-2)17-14-18(23(36)22(17)35)32-24-20(25-33-21-16(4)29-11-10-19(21)39-25)15(3)31-26(34-24)30-12-13-38-27(5,6)7/h10-11,17-18,22-23,35-37H,8-9,12-14H2,1-7H3,(H2,30,31,32,34)/t17-,18+,22+,23-/m0/s1. The summed E-state index contributed by atoms with van der Waals surface area (Å²) in [4.78, 5) is 18.9. The molecule has 39 heavy (non-hydrogen) atoms. The highest BCUT2D eigenvalue weighted by molar-refractivity contribution is 8.00. The molecule has 1 aliphatic carbocycles. The van der Waals surface area contributed by atoms with E-state index in [0.29, 0.717) is 37.6 Å². The molecule has 0 aromatic carbocycles. The van der Waals surface area contributed by atoms with Gasteiger partial charge in [0.2, 0.25) is 5.95 Å². The predicted octanol–water partition coefficient (Wildman–Crippen LogP) is 4.78. The second-order valence-corrected chi connectivity index (χ2v) is 14.3. The Kier molecular flexibility index (Phi) is 9.07. The molecule has 0 amide bonds. The Balaban J connectivity index is 1.69. The van der Waals surface area contributed by atoms with Gasteiger partial charge in [0, 0.05) is 29.2 Å². The van der Waals surface area contributed by atoms with Gasteiger partial charge in [0.25, 0.3) is 0 Å². The van der Waals surface area contributed by atoms with Crippen LogP contribution in [0.2, 0.25) is 0 Å². The summed E-state index contributed by atoms with van der Waals surface area (Å²) in [5, 5.41) is 40.6. The van der Waals surface area contributed by atoms with E-state index in [-0.39, 0.29) is 4.75 Å². The highest BCUT2D eigenvalue weighted by atomic mass is 32.2. The van der Waals surface area contributed by atoms with Crippen molar-refractivity contribution >= 4 is 45.1 Å². The minimum atomic E-state index is -1.05. The average Bonchev–Trinajstić information content (AvgIpc) is 3.43. The molecule has 0 bridgehead atoms. The Morgan fingerprint density at radius 2 is 1.77 bits per heavy atom. The molecule has 11 heteroatoms. The zero-order chi connectivity index (χ0) is 28.5. The maximum atomic E-state index is 11.2. The minimum Gasteiger partial charge on any atom is -0.390 e. The van der Waals surface area contributed by atoms with Crippen molar-refractivity contribution in [3.05, 3.63) is 23.7 Å². The molecule has 3 aromatic rings. The largest absolute Gasteiger partial charge is 0.390 e. The normalized spacial score (nSPS) is 22.0. The maximum Gasteiger partial charge on any atom is 0.224 e. The van der Waals surface area contributed by atoms with Crippen LogP contribution in [0.5, 0.6) is 0 Å². The van der Waals surface area contributed by atoms with Crippen LogP contribution in [-0.4, -0.2) is 76.2 Å². The summed E-state index contributed by atoms with van der Waals surface area (Å²) >= 11 is 3.41. The number of aliphatic hydroxyl groups excluding tert-OH is 2.